The molecule has 0 fully saturated rings. The summed E-state index contributed by atoms with van der Waals surface area (Å²) in [7, 11) is 0. The first kappa shape index (κ1) is 18.8. The fourth-order valence-corrected chi connectivity index (χ4v) is 2.18. The highest BCUT2D eigenvalue weighted by Gasteiger charge is 2.12. The molecule has 2 aromatic carbocycles. The van der Waals surface area contributed by atoms with E-state index in [0.717, 1.165) is 0 Å². The molecule has 0 aliphatic heterocycles. The number of carbonyl (C=O) groups is 3. The molecule has 0 aliphatic rings. The SMILES string of the molecule is O=C(COC(=O)CNC(=O)c1ccccc1)Nc1cccc(Cl)c1Cl. The maximum Gasteiger partial charge on any atom is 0.325 e. The molecular formula is C17H14Cl2N2O4. The predicted octanol–water partition coefficient (Wildman–Crippen LogP) is 2.91. The van der Waals surface area contributed by atoms with E-state index in [1.165, 1.54) is 0 Å². The van der Waals surface area contributed by atoms with E-state index in [0.29, 0.717) is 16.3 Å². The normalized spacial score (nSPS) is 10.0. The van der Waals surface area contributed by atoms with Gasteiger partial charge < -0.3 is 15.4 Å². The second-order valence-electron chi connectivity index (χ2n) is 4.86. The van der Waals surface area contributed by atoms with Gasteiger partial charge >= 0.3 is 5.97 Å². The first-order chi connectivity index (χ1) is 12.0. The zero-order valence-electron chi connectivity index (χ0n) is 12.9. The molecule has 0 atom stereocenters. The number of ether oxygens (including phenoxy) is 1. The number of hydrogen-bond donors (Lipinski definition) is 2. The molecule has 0 spiro atoms. The van der Waals surface area contributed by atoms with E-state index in [1.807, 2.05) is 0 Å². The minimum absolute atomic E-state index is 0.193. The van der Waals surface area contributed by atoms with E-state index in [1.54, 1.807) is 48.5 Å². The van der Waals surface area contributed by atoms with Gasteiger partial charge in [-0.1, -0.05) is 47.5 Å². The highest BCUT2D eigenvalue weighted by Crippen LogP contribution is 2.29. The Morgan fingerprint density at radius 1 is 0.960 bits per heavy atom. The Morgan fingerprint density at radius 3 is 2.40 bits per heavy atom. The Bertz CT molecular complexity index is 781. The zero-order chi connectivity index (χ0) is 18.2. The van der Waals surface area contributed by atoms with Crippen LogP contribution in [0.1, 0.15) is 10.4 Å². The van der Waals surface area contributed by atoms with Crippen LogP contribution in [0.5, 0.6) is 0 Å². The van der Waals surface area contributed by atoms with Crippen LogP contribution in [0.25, 0.3) is 0 Å². The van der Waals surface area contributed by atoms with E-state index in [9.17, 15) is 14.4 Å². The number of carbonyl (C=O) groups excluding carboxylic acids is 3. The Kier molecular flexibility index (Phi) is 6.80. The third kappa shape index (κ3) is 5.77. The second-order valence-corrected chi connectivity index (χ2v) is 5.64. The van der Waals surface area contributed by atoms with E-state index < -0.39 is 24.4 Å². The number of anilines is 1. The molecule has 130 valence electrons. The van der Waals surface area contributed by atoms with Gasteiger partial charge in [0.15, 0.2) is 6.61 Å². The van der Waals surface area contributed by atoms with Crippen molar-refractivity contribution in [2.45, 2.75) is 0 Å². The van der Waals surface area contributed by atoms with Gasteiger partial charge in [-0.2, -0.15) is 0 Å². The summed E-state index contributed by atoms with van der Waals surface area (Å²) in [6.45, 7) is -0.859. The average Bonchev–Trinajstić information content (AvgIpc) is 2.62. The van der Waals surface area contributed by atoms with E-state index in [-0.39, 0.29) is 11.6 Å². The van der Waals surface area contributed by atoms with Crippen molar-refractivity contribution in [2.24, 2.45) is 0 Å². The highest BCUT2D eigenvalue weighted by molar-refractivity contribution is 6.44. The van der Waals surface area contributed by atoms with Crippen LogP contribution in [0.4, 0.5) is 5.69 Å². The van der Waals surface area contributed by atoms with Crippen molar-refractivity contribution in [3.63, 3.8) is 0 Å². The Hall–Kier alpha value is -2.57. The van der Waals surface area contributed by atoms with Crippen molar-refractivity contribution in [2.75, 3.05) is 18.5 Å². The first-order valence-corrected chi connectivity index (χ1v) is 7.95. The van der Waals surface area contributed by atoms with Crippen LogP contribution in [0.3, 0.4) is 0 Å². The largest absolute Gasteiger partial charge is 0.454 e. The van der Waals surface area contributed by atoms with Gasteiger partial charge in [0.1, 0.15) is 6.54 Å². The van der Waals surface area contributed by atoms with Crippen LogP contribution in [-0.4, -0.2) is 30.9 Å². The molecule has 0 aliphatic carbocycles. The summed E-state index contributed by atoms with van der Waals surface area (Å²) in [5.41, 5.74) is 0.733. The molecule has 25 heavy (non-hydrogen) atoms. The van der Waals surface area contributed by atoms with Gasteiger partial charge in [0.2, 0.25) is 0 Å². The van der Waals surface area contributed by atoms with Gasteiger partial charge in [-0.15, -0.1) is 0 Å². The first-order valence-electron chi connectivity index (χ1n) is 7.20. The molecule has 2 amide bonds. The molecule has 0 radical (unpaired) electrons. The van der Waals surface area contributed by atoms with E-state index >= 15 is 0 Å². The van der Waals surface area contributed by atoms with Crippen molar-refractivity contribution in [3.05, 3.63) is 64.1 Å². The third-order valence-corrected chi connectivity index (χ3v) is 3.84. The van der Waals surface area contributed by atoms with Crippen molar-refractivity contribution >= 4 is 46.7 Å². The lowest BCUT2D eigenvalue weighted by Crippen LogP contribution is -2.32. The lowest BCUT2D eigenvalue weighted by atomic mass is 10.2. The summed E-state index contributed by atoms with van der Waals surface area (Å²) in [6, 6.07) is 13.2. The smallest absolute Gasteiger partial charge is 0.325 e. The molecule has 0 saturated heterocycles. The number of nitrogens with one attached hydrogen (secondary N) is 2. The lowest BCUT2D eigenvalue weighted by Gasteiger charge is -2.09. The molecular weight excluding hydrogens is 367 g/mol. The monoisotopic (exact) mass is 380 g/mol. The van der Waals surface area contributed by atoms with Crippen LogP contribution in [-0.2, 0) is 14.3 Å². The minimum atomic E-state index is -0.739. The summed E-state index contributed by atoms with van der Waals surface area (Å²) < 4.78 is 4.79. The number of halogens is 2. The van der Waals surface area contributed by atoms with Crippen molar-refractivity contribution in [1.29, 1.82) is 0 Å². The van der Waals surface area contributed by atoms with Crippen molar-refractivity contribution in [1.82, 2.24) is 5.32 Å². The molecule has 0 bridgehead atoms. The van der Waals surface area contributed by atoms with Gasteiger partial charge in [-0.3, -0.25) is 14.4 Å². The Labute approximate surface area is 154 Å². The van der Waals surface area contributed by atoms with Gasteiger partial charge in [0.25, 0.3) is 11.8 Å². The highest BCUT2D eigenvalue weighted by atomic mass is 35.5. The van der Waals surface area contributed by atoms with Crippen LogP contribution >= 0.6 is 23.2 Å². The quantitative estimate of drug-likeness (QED) is 0.754. The summed E-state index contributed by atoms with van der Waals surface area (Å²) >= 11 is 11.8. The molecule has 0 saturated carbocycles. The summed E-state index contributed by atoms with van der Waals surface area (Å²) in [5, 5.41) is 5.37. The Balaban J connectivity index is 1.75. The second kappa shape index (κ2) is 9.05. The van der Waals surface area contributed by atoms with Crippen molar-refractivity contribution < 1.29 is 19.1 Å². The molecule has 0 unspecified atom stereocenters. The standard InChI is InChI=1S/C17H14Cl2N2O4/c18-12-7-4-8-13(16(12)19)21-14(22)10-25-15(23)9-20-17(24)11-5-2-1-3-6-11/h1-8H,9-10H2,(H,20,24)(H,21,22). The van der Waals surface area contributed by atoms with Gasteiger partial charge in [-0.05, 0) is 24.3 Å². The summed E-state index contributed by atoms with van der Waals surface area (Å²) in [5.74, 6) is -1.73. The molecule has 2 aromatic rings. The molecule has 0 heterocycles. The summed E-state index contributed by atoms with van der Waals surface area (Å²) in [4.78, 5) is 35.1. The number of amides is 2. The minimum Gasteiger partial charge on any atom is -0.454 e. The molecule has 0 aromatic heterocycles. The van der Waals surface area contributed by atoms with Gasteiger partial charge in [-0.25, -0.2) is 0 Å². The van der Waals surface area contributed by atoms with Gasteiger partial charge in [0.05, 0.1) is 15.7 Å². The van der Waals surface area contributed by atoms with Crippen molar-refractivity contribution in [3.8, 4) is 0 Å². The topological polar surface area (TPSA) is 84.5 Å². The number of hydrogen-bond acceptors (Lipinski definition) is 4. The third-order valence-electron chi connectivity index (χ3n) is 3.02. The van der Waals surface area contributed by atoms with Crippen LogP contribution in [0, 0.1) is 0 Å². The fraction of sp³-hybridized carbons (Fsp3) is 0.118. The maximum atomic E-state index is 11.8. The molecule has 6 nitrogen and oxygen atoms in total. The van der Waals surface area contributed by atoms with E-state index in [4.69, 9.17) is 27.9 Å². The van der Waals surface area contributed by atoms with Gasteiger partial charge in [0, 0.05) is 5.56 Å². The number of rotatable bonds is 6. The number of esters is 1. The van der Waals surface area contributed by atoms with Crippen LogP contribution in [0.2, 0.25) is 10.0 Å². The van der Waals surface area contributed by atoms with E-state index in [2.05, 4.69) is 10.6 Å². The molecule has 2 N–H and O–H groups in total. The van der Waals surface area contributed by atoms with Crippen LogP contribution < -0.4 is 10.6 Å². The lowest BCUT2D eigenvalue weighted by molar-refractivity contribution is -0.146. The molecule has 8 heteroatoms. The average molecular weight is 381 g/mol. The molecule has 2 rings (SSSR count). The Morgan fingerprint density at radius 2 is 1.68 bits per heavy atom. The van der Waals surface area contributed by atoms with Crippen LogP contribution in [0.15, 0.2) is 48.5 Å². The zero-order valence-corrected chi connectivity index (χ0v) is 14.4. The summed E-state index contributed by atoms with van der Waals surface area (Å²) in [6.07, 6.45) is 0. The predicted molar refractivity (Wildman–Crippen MR) is 94.8 cm³/mol. The fourth-order valence-electron chi connectivity index (χ4n) is 1.83. The maximum absolute atomic E-state index is 11.8. The number of benzene rings is 2.